The van der Waals surface area contributed by atoms with Crippen molar-refractivity contribution < 1.29 is 9.21 Å². The van der Waals surface area contributed by atoms with Crippen molar-refractivity contribution in [3.8, 4) is 0 Å². The number of nitrogens with zero attached hydrogens (tertiary/aromatic N) is 1. The summed E-state index contributed by atoms with van der Waals surface area (Å²) < 4.78 is 5.37. The molecule has 0 spiro atoms. The Balaban J connectivity index is 1.77. The Morgan fingerprint density at radius 3 is 2.86 bits per heavy atom. The van der Waals surface area contributed by atoms with Crippen LogP contribution in [0.5, 0.6) is 0 Å². The van der Waals surface area contributed by atoms with E-state index in [1.807, 2.05) is 56.6 Å². The third kappa shape index (κ3) is 2.57. The molecule has 1 atom stereocenters. The van der Waals surface area contributed by atoms with E-state index in [2.05, 4.69) is 4.98 Å². The van der Waals surface area contributed by atoms with Gasteiger partial charge >= 0.3 is 0 Å². The van der Waals surface area contributed by atoms with Gasteiger partial charge in [-0.2, -0.15) is 0 Å². The van der Waals surface area contributed by atoms with E-state index in [0.717, 1.165) is 22.2 Å². The average molecular weight is 282 g/mol. The number of fused-ring (bicyclic) bond motifs is 1. The molecule has 21 heavy (non-hydrogen) atoms. The molecule has 0 bridgehead atoms. The topological polar surface area (TPSA) is 49.2 Å². The molecule has 0 fully saturated rings. The van der Waals surface area contributed by atoms with Crippen LogP contribution in [0.25, 0.3) is 10.9 Å². The van der Waals surface area contributed by atoms with Crippen molar-refractivity contribution in [1.82, 2.24) is 9.88 Å². The summed E-state index contributed by atoms with van der Waals surface area (Å²) >= 11 is 0. The summed E-state index contributed by atoms with van der Waals surface area (Å²) in [4.78, 5) is 17.4. The third-order valence-corrected chi connectivity index (χ3v) is 3.95. The molecule has 1 unspecified atom stereocenters. The molecule has 1 aromatic carbocycles. The number of hydrogen-bond donors (Lipinski definition) is 1. The van der Waals surface area contributed by atoms with Gasteiger partial charge in [-0.25, -0.2) is 0 Å². The molecule has 2 heterocycles. The minimum Gasteiger partial charge on any atom is -0.467 e. The van der Waals surface area contributed by atoms with E-state index in [4.69, 9.17) is 4.42 Å². The predicted octanol–water partition coefficient (Wildman–Crippen LogP) is 3.52. The number of aromatic nitrogens is 1. The lowest BCUT2D eigenvalue weighted by Gasteiger charge is -2.23. The summed E-state index contributed by atoms with van der Waals surface area (Å²) in [6.45, 7) is 1.96. The monoisotopic (exact) mass is 282 g/mol. The molecule has 0 radical (unpaired) electrons. The van der Waals surface area contributed by atoms with E-state index >= 15 is 0 Å². The molecule has 0 aliphatic heterocycles. The van der Waals surface area contributed by atoms with Gasteiger partial charge in [-0.3, -0.25) is 4.79 Å². The number of H-pyrrole nitrogens is 1. The number of likely N-dealkylation sites (N-methyl/N-ethyl adjacent to an activating group) is 1. The largest absolute Gasteiger partial charge is 0.467 e. The number of furan rings is 1. The minimum absolute atomic E-state index is 0.0716. The molecule has 0 saturated carbocycles. The Bertz CT molecular complexity index is 743. The van der Waals surface area contributed by atoms with Crippen LogP contribution in [0.15, 0.2) is 53.3 Å². The second kappa shape index (κ2) is 5.48. The fourth-order valence-electron chi connectivity index (χ4n) is 2.50. The molecule has 4 nitrogen and oxygen atoms in total. The smallest absolute Gasteiger partial charge is 0.227 e. The maximum Gasteiger partial charge on any atom is 0.227 e. The van der Waals surface area contributed by atoms with Crippen LogP contribution in [-0.4, -0.2) is 22.8 Å². The minimum atomic E-state index is -0.0716. The van der Waals surface area contributed by atoms with Crippen molar-refractivity contribution in [2.24, 2.45) is 0 Å². The first kappa shape index (κ1) is 13.5. The van der Waals surface area contributed by atoms with Crippen LogP contribution in [-0.2, 0) is 11.2 Å². The van der Waals surface area contributed by atoms with Crippen molar-refractivity contribution in [3.63, 3.8) is 0 Å². The summed E-state index contributed by atoms with van der Waals surface area (Å²) in [5, 5.41) is 1.10. The number of hydrogen-bond acceptors (Lipinski definition) is 2. The van der Waals surface area contributed by atoms with Gasteiger partial charge in [0.1, 0.15) is 5.76 Å². The molecule has 0 saturated heterocycles. The van der Waals surface area contributed by atoms with Crippen LogP contribution in [0.1, 0.15) is 24.3 Å². The van der Waals surface area contributed by atoms with Gasteiger partial charge in [-0.1, -0.05) is 18.2 Å². The van der Waals surface area contributed by atoms with Gasteiger partial charge in [-0.15, -0.1) is 0 Å². The summed E-state index contributed by atoms with van der Waals surface area (Å²) in [7, 11) is 1.81. The number of carbonyl (C=O) groups excluding carboxylic acids is 1. The number of rotatable bonds is 4. The molecule has 1 N–H and O–H groups in total. The number of benzene rings is 1. The SMILES string of the molecule is CC(c1ccco1)N(C)C(=O)Cc1c[nH]c2ccccc12. The average Bonchev–Trinajstić information content (AvgIpc) is 3.16. The first-order chi connectivity index (χ1) is 10.2. The number of nitrogens with one attached hydrogen (secondary N) is 1. The molecule has 2 aromatic heterocycles. The van der Waals surface area contributed by atoms with E-state index in [1.165, 1.54) is 0 Å². The highest BCUT2D eigenvalue weighted by atomic mass is 16.3. The van der Waals surface area contributed by atoms with Crippen molar-refractivity contribution in [2.75, 3.05) is 7.05 Å². The molecular formula is C17H18N2O2. The predicted molar refractivity (Wildman–Crippen MR) is 81.9 cm³/mol. The molecule has 0 aliphatic carbocycles. The number of para-hydroxylation sites is 1. The normalized spacial score (nSPS) is 12.5. The lowest BCUT2D eigenvalue weighted by atomic mass is 10.1. The Kier molecular flexibility index (Phi) is 3.52. The van der Waals surface area contributed by atoms with Crippen LogP contribution < -0.4 is 0 Å². The molecular weight excluding hydrogens is 264 g/mol. The zero-order chi connectivity index (χ0) is 14.8. The fraction of sp³-hybridized carbons (Fsp3) is 0.235. The summed E-state index contributed by atoms with van der Waals surface area (Å²) in [5.74, 6) is 0.869. The van der Waals surface area contributed by atoms with E-state index in [-0.39, 0.29) is 11.9 Å². The fourth-order valence-corrected chi connectivity index (χ4v) is 2.50. The zero-order valence-electron chi connectivity index (χ0n) is 12.2. The van der Waals surface area contributed by atoms with Crippen LogP contribution in [0.2, 0.25) is 0 Å². The first-order valence-corrected chi connectivity index (χ1v) is 7.01. The van der Waals surface area contributed by atoms with Gasteiger partial charge in [-0.05, 0) is 30.7 Å². The van der Waals surface area contributed by atoms with E-state index < -0.39 is 0 Å². The highest BCUT2D eigenvalue weighted by molar-refractivity contribution is 5.88. The van der Waals surface area contributed by atoms with Gasteiger partial charge in [0.2, 0.25) is 5.91 Å². The van der Waals surface area contributed by atoms with Crippen LogP contribution in [0.3, 0.4) is 0 Å². The quantitative estimate of drug-likeness (QED) is 0.796. The zero-order valence-corrected chi connectivity index (χ0v) is 12.2. The summed E-state index contributed by atoms with van der Waals surface area (Å²) in [6.07, 6.45) is 3.92. The van der Waals surface area contributed by atoms with Crippen LogP contribution >= 0.6 is 0 Å². The Morgan fingerprint density at radius 2 is 2.10 bits per heavy atom. The Labute approximate surface area is 123 Å². The maximum atomic E-state index is 12.5. The van der Waals surface area contributed by atoms with E-state index in [9.17, 15) is 4.79 Å². The van der Waals surface area contributed by atoms with Gasteiger partial charge < -0.3 is 14.3 Å². The highest BCUT2D eigenvalue weighted by Crippen LogP contribution is 2.22. The van der Waals surface area contributed by atoms with Gasteiger partial charge in [0.25, 0.3) is 0 Å². The first-order valence-electron chi connectivity index (χ1n) is 7.01. The Morgan fingerprint density at radius 1 is 1.29 bits per heavy atom. The standard InChI is InChI=1S/C17H18N2O2/c1-12(16-8-5-9-21-16)19(2)17(20)10-13-11-18-15-7-4-3-6-14(13)15/h3-9,11-12,18H,10H2,1-2H3. The lowest BCUT2D eigenvalue weighted by molar-refractivity contribution is -0.131. The summed E-state index contributed by atoms with van der Waals surface area (Å²) in [6, 6.07) is 11.7. The van der Waals surface area contributed by atoms with E-state index in [0.29, 0.717) is 6.42 Å². The van der Waals surface area contributed by atoms with Crippen molar-refractivity contribution in [3.05, 3.63) is 60.2 Å². The molecule has 0 aliphatic rings. The number of aromatic amines is 1. The van der Waals surface area contributed by atoms with Crippen molar-refractivity contribution >= 4 is 16.8 Å². The van der Waals surface area contributed by atoms with Crippen LogP contribution in [0, 0.1) is 0 Å². The van der Waals surface area contributed by atoms with Crippen LogP contribution in [0.4, 0.5) is 0 Å². The second-order valence-electron chi connectivity index (χ2n) is 5.23. The molecule has 1 amide bonds. The molecule has 3 aromatic rings. The molecule has 4 heteroatoms. The van der Waals surface area contributed by atoms with Crippen molar-refractivity contribution in [2.45, 2.75) is 19.4 Å². The lowest BCUT2D eigenvalue weighted by Crippen LogP contribution is -2.30. The number of amides is 1. The van der Waals surface area contributed by atoms with Gasteiger partial charge in [0, 0.05) is 24.1 Å². The Hall–Kier alpha value is -2.49. The van der Waals surface area contributed by atoms with Crippen molar-refractivity contribution in [1.29, 1.82) is 0 Å². The van der Waals surface area contributed by atoms with Gasteiger partial charge in [0.05, 0.1) is 18.7 Å². The highest BCUT2D eigenvalue weighted by Gasteiger charge is 2.20. The second-order valence-corrected chi connectivity index (χ2v) is 5.23. The third-order valence-electron chi connectivity index (χ3n) is 3.95. The number of carbonyl (C=O) groups is 1. The van der Waals surface area contributed by atoms with E-state index in [1.54, 1.807) is 11.2 Å². The van der Waals surface area contributed by atoms with Gasteiger partial charge in [0.15, 0.2) is 0 Å². The molecule has 3 rings (SSSR count). The maximum absolute atomic E-state index is 12.5. The summed E-state index contributed by atoms with van der Waals surface area (Å²) in [5.41, 5.74) is 2.08. The molecule has 108 valence electrons.